The minimum Gasteiger partial charge on any atom is -0.444 e. The number of hydrogen-bond acceptors (Lipinski definition) is 3. The van der Waals surface area contributed by atoms with Gasteiger partial charge >= 0.3 is 6.09 Å². The molecular formula is C12H22F2N2O2. The molecule has 0 radical (unpaired) electrons. The summed E-state index contributed by atoms with van der Waals surface area (Å²) in [6.45, 7) is 5.02. The van der Waals surface area contributed by atoms with Gasteiger partial charge in [-0.25, -0.2) is 13.6 Å². The monoisotopic (exact) mass is 264 g/mol. The Morgan fingerprint density at radius 3 is 2.44 bits per heavy atom. The van der Waals surface area contributed by atoms with Gasteiger partial charge in [0.15, 0.2) is 0 Å². The topological polar surface area (TPSA) is 32.8 Å². The van der Waals surface area contributed by atoms with Crippen LogP contribution in [-0.2, 0) is 4.74 Å². The summed E-state index contributed by atoms with van der Waals surface area (Å²) in [5, 5.41) is 0. The fraction of sp³-hybridized carbons (Fsp3) is 0.917. The van der Waals surface area contributed by atoms with Crippen LogP contribution >= 0.6 is 0 Å². The predicted octanol–water partition coefficient (Wildman–Crippen LogP) is 2.19. The molecule has 1 rings (SSSR count). The molecule has 1 amide bonds. The third-order valence-corrected chi connectivity index (χ3v) is 2.58. The molecule has 1 aliphatic rings. The second kappa shape index (κ2) is 4.99. The van der Waals surface area contributed by atoms with Gasteiger partial charge in [-0.2, -0.15) is 0 Å². The van der Waals surface area contributed by atoms with Crippen LogP contribution in [0.5, 0.6) is 0 Å². The van der Waals surface area contributed by atoms with E-state index in [1.807, 2.05) is 0 Å². The molecular weight excluding hydrogens is 242 g/mol. The minimum absolute atomic E-state index is 0.301. The van der Waals surface area contributed by atoms with Crippen molar-refractivity contribution in [1.29, 1.82) is 0 Å². The first kappa shape index (κ1) is 15.1. The van der Waals surface area contributed by atoms with E-state index in [4.69, 9.17) is 4.74 Å². The van der Waals surface area contributed by atoms with Gasteiger partial charge in [0.25, 0.3) is 5.92 Å². The van der Waals surface area contributed by atoms with Gasteiger partial charge in [0.05, 0.1) is 12.6 Å². The number of hydrogen-bond donors (Lipinski definition) is 0. The summed E-state index contributed by atoms with van der Waals surface area (Å²) in [5.74, 6) is -2.82. The SMILES string of the molecule is CN(C)C[C@H]1CC(F)(F)CN1C(=O)OC(C)(C)C. The van der Waals surface area contributed by atoms with Crippen molar-refractivity contribution in [3.8, 4) is 0 Å². The number of nitrogens with zero attached hydrogens (tertiary/aromatic N) is 2. The highest BCUT2D eigenvalue weighted by molar-refractivity contribution is 5.69. The lowest BCUT2D eigenvalue weighted by atomic mass is 10.2. The number of alkyl halides is 2. The number of rotatable bonds is 2. The van der Waals surface area contributed by atoms with Crippen LogP contribution in [0.1, 0.15) is 27.2 Å². The standard InChI is InChI=1S/C12H22F2N2O2/c1-11(2,3)18-10(17)16-8-12(13,14)6-9(16)7-15(4)5/h9H,6-8H2,1-5H3/t9-/m1/s1. The Balaban J connectivity index is 2.74. The number of likely N-dealkylation sites (N-methyl/N-ethyl adjacent to an activating group) is 1. The highest BCUT2D eigenvalue weighted by Crippen LogP contribution is 2.33. The molecule has 106 valence electrons. The van der Waals surface area contributed by atoms with E-state index in [1.54, 1.807) is 39.8 Å². The predicted molar refractivity (Wildman–Crippen MR) is 64.8 cm³/mol. The van der Waals surface area contributed by atoms with Crippen molar-refractivity contribution in [1.82, 2.24) is 9.80 Å². The zero-order valence-electron chi connectivity index (χ0n) is 11.7. The van der Waals surface area contributed by atoms with Crippen LogP contribution in [0.3, 0.4) is 0 Å². The quantitative estimate of drug-likeness (QED) is 0.766. The zero-order valence-corrected chi connectivity index (χ0v) is 11.7. The van der Waals surface area contributed by atoms with E-state index < -0.39 is 30.2 Å². The molecule has 0 aliphatic carbocycles. The van der Waals surface area contributed by atoms with Crippen molar-refractivity contribution in [2.24, 2.45) is 0 Å². The Kier molecular flexibility index (Phi) is 4.20. The zero-order chi connectivity index (χ0) is 14.1. The first-order valence-corrected chi connectivity index (χ1v) is 6.02. The van der Waals surface area contributed by atoms with Gasteiger partial charge < -0.3 is 9.64 Å². The highest BCUT2D eigenvalue weighted by Gasteiger charge is 2.48. The maximum Gasteiger partial charge on any atom is 0.410 e. The lowest BCUT2D eigenvalue weighted by Crippen LogP contribution is -2.44. The van der Waals surface area contributed by atoms with Gasteiger partial charge in [-0.15, -0.1) is 0 Å². The molecule has 0 aromatic carbocycles. The number of carbonyl (C=O) groups is 1. The van der Waals surface area contributed by atoms with Gasteiger partial charge in [-0.3, -0.25) is 4.90 Å². The minimum atomic E-state index is -2.82. The van der Waals surface area contributed by atoms with Crippen molar-refractivity contribution < 1.29 is 18.3 Å². The number of ether oxygens (including phenoxy) is 1. The molecule has 0 aromatic heterocycles. The van der Waals surface area contributed by atoms with Crippen LogP contribution < -0.4 is 0 Å². The molecule has 1 aliphatic heterocycles. The lowest BCUT2D eigenvalue weighted by Gasteiger charge is -2.29. The van der Waals surface area contributed by atoms with Crippen LogP contribution in [0.15, 0.2) is 0 Å². The summed E-state index contributed by atoms with van der Waals surface area (Å²) >= 11 is 0. The highest BCUT2D eigenvalue weighted by atomic mass is 19.3. The molecule has 1 saturated heterocycles. The van der Waals surface area contributed by atoms with Gasteiger partial charge in [0.1, 0.15) is 5.60 Å². The largest absolute Gasteiger partial charge is 0.444 e. The van der Waals surface area contributed by atoms with Crippen molar-refractivity contribution in [3.05, 3.63) is 0 Å². The number of likely N-dealkylation sites (tertiary alicyclic amines) is 1. The molecule has 0 N–H and O–H groups in total. The smallest absolute Gasteiger partial charge is 0.410 e. The van der Waals surface area contributed by atoms with E-state index >= 15 is 0 Å². The van der Waals surface area contributed by atoms with Gasteiger partial charge in [0, 0.05) is 13.0 Å². The van der Waals surface area contributed by atoms with Gasteiger partial charge in [-0.05, 0) is 34.9 Å². The number of carbonyl (C=O) groups excluding carboxylic acids is 1. The molecule has 0 unspecified atom stereocenters. The summed E-state index contributed by atoms with van der Waals surface area (Å²) in [4.78, 5) is 14.8. The third-order valence-electron chi connectivity index (χ3n) is 2.58. The van der Waals surface area contributed by atoms with Crippen LogP contribution in [0.2, 0.25) is 0 Å². The Hall–Kier alpha value is -0.910. The second-order valence-corrected chi connectivity index (χ2v) is 6.08. The third kappa shape index (κ3) is 4.40. The molecule has 0 bridgehead atoms. The first-order chi connectivity index (χ1) is 8.00. The summed E-state index contributed by atoms with van der Waals surface area (Å²) < 4.78 is 32.0. The van der Waals surface area contributed by atoms with Crippen molar-refractivity contribution in [3.63, 3.8) is 0 Å². The average molecular weight is 264 g/mol. The molecule has 0 saturated carbocycles. The van der Waals surface area contributed by atoms with Crippen LogP contribution in [0.4, 0.5) is 13.6 Å². The molecule has 18 heavy (non-hydrogen) atoms. The van der Waals surface area contributed by atoms with E-state index in [0.29, 0.717) is 6.54 Å². The molecule has 1 fully saturated rings. The maximum atomic E-state index is 13.4. The summed E-state index contributed by atoms with van der Waals surface area (Å²) in [7, 11) is 3.59. The maximum absolute atomic E-state index is 13.4. The second-order valence-electron chi connectivity index (χ2n) is 6.08. The van der Waals surface area contributed by atoms with Crippen molar-refractivity contribution in [2.45, 2.75) is 44.8 Å². The van der Waals surface area contributed by atoms with E-state index in [-0.39, 0.29) is 6.42 Å². The summed E-state index contributed by atoms with van der Waals surface area (Å²) in [6.07, 6.45) is -0.962. The number of halogens is 2. The van der Waals surface area contributed by atoms with Gasteiger partial charge in [-0.1, -0.05) is 0 Å². The Labute approximate surface area is 107 Å². The Morgan fingerprint density at radius 2 is 2.00 bits per heavy atom. The molecule has 0 spiro atoms. The Bertz CT molecular complexity index is 314. The molecule has 1 heterocycles. The molecule has 4 nitrogen and oxygen atoms in total. The van der Waals surface area contributed by atoms with Crippen LogP contribution in [-0.4, -0.2) is 60.6 Å². The van der Waals surface area contributed by atoms with E-state index in [9.17, 15) is 13.6 Å². The summed E-state index contributed by atoms with van der Waals surface area (Å²) in [5.41, 5.74) is -0.669. The van der Waals surface area contributed by atoms with E-state index in [2.05, 4.69) is 0 Å². The Morgan fingerprint density at radius 1 is 1.44 bits per heavy atom. The molecule has 1 atom stereocenters. The first-order valence-electron chi connectivity index (χ1n) is 6.02. The van der Waals surface area contributed by atoms with E-state index in [1.165, 1.54) is 0 Å². The van der Waals surface area contributed by atoms with Crippen LogP contribution in [0.25, 0.3) is 0 Å². The fourth-order valence-electron chi connectivity index (χ4n) is 2.02. The molecule has 6 heteroatoms. The molecule has 0 aromatic rings. The van der Waals surface area contributed by atoms with Crippen molar-refractivity contribution >= 4 is 6.09 Å². The van der Waals surface area contributed by atoms with Crippen LogP contribution in [0, 0.1) is 0 Å². The summed E-state index contributed by atoms with van der Waals surface area (Å²) in [6, 6.07) is -0.496. The average Bonchev–Trinajstić information content (AvgIpc) is 2.36. The van der Waals surface area contributed by atoms with E-state index in [0.717, 1.165) is 4.90 Å². The van der Waals surface area contributed by atoms with Gasteiger partial charge in [0.2, 0.25) is 0 Å². The fourth-order valence-corrected chi connectivity index (χ4v) is 2.02. The number of amides is 1. The lowest BCUT2D eigenvalue weighted by molar-refractivity contribution is -0.00256. The van der Waals surface area contributed by atoms with Crippen molar-refractivity contribution in [2.75, 3.05) is 27.2 Å². The normalized spacial score (nSPS) is 23.6.